The van der Waals surface area contributed by atoms with Gasteiger partial charge in [-0.25, -0.2) is 8.42 Å². The van der Waals surface area contributed by atoms with Crippen molar-refractivity contribution in [3.8, 4) is 0 Å². The van der Waals surface area contributed by atoms with Crippen LogP contribution < -0.4 is 5.32 Å². The third-order valence-electron chi connectivity index (χ3n) is 3.99. The zero-order chi connectivity index (χ0) is 20.7. The molecule has 2 rings (SSSR count). The number of hydrogen-bond donors (Lipinski definition) is 1. The fourth-order valence-corrected chi connectivity index (χ4v) is 3.59. The lowest BCUT2D eigenvalue weighted by atomic mass is 10.1. The van der Waals surface area contributed by atoms with Crippen LogP contribution in [0.3, 0.4) is 0 Å². The molecule has 150 valence electrons. The number of likely N-dealkylation sites (N-methyl/N-ethyl adjacent to an activating group) is 1. The van der Waals surface area contributed by atoms with Crippen molar-refractivity contribution in [3.05, 3.63) is 59.7 Å². The van der Waals surface area contributed by atoms with Gasteiger partial charge in [0.15, 0.2) is 0 Å². The summed E-state index contributed by atoms with van der Waals surface area (Å²) in [5.41, 5.74) is 2.22. The molecule has 0 atom stereocenters. The molecule has 0 aliphatic carbocycles. The maximum absolute atomic E-state index is 12.5. The van der Waals surface area contributed by atoms with Crippen molar-refractivity contribution in [1.29, 1.82) is 0 Å². The summed E-state index contributed by atoms with van der Waals surface area (Å²) in [4.78, 5) is 23.8. The van der Waals surface area contributed by atoms with Crippen molar-refractivity contribution in [3.63, 3.8) is 0 Å². The maximum Gasteiger partial charge on any atom is 0.310 e. The van der Waals surface area contributed by atoms with E-state index in [2.05, 4.69) is 5.32 Å². The van der Waals surface area contributed by atoms with Gasteiger partial charge < -0.3 is 10.1 Å². The van der Waals surface area contributed by atoms with Crippen LogP contribution in [0.1, 0.15) is 18.1 Å². The van der Waals surface area contributed by atoms with Crippen molar-refractivity contribution in [2.45, 2.75) is 25.2 Å². The summed E-state index contributed by atoms with van der Waals surface area (Å²) in [6.07, 6.45) is 0.152. The van der Waals surface area contributed by atoms with Gasteiger partial charge in [-0.2, -0.15) is 4.31 Å². The quantitative estimate of drug-likeness (QED) is 0.682. The van der Waals surface area contributed by atoms with Gasteiger partial charge in [-0.1, -0.05) is 29.8 Å². The zero-order valence-electron chi connectivity index (χ0n) is 16.1. The highest BCUT2D eigenvalue weighted by molar-refractivity contribution is 7.89. The normalized spacial score (nSPS) is 11.3. The first-order valence-electron chi connectivity index (χ1n) is 8.80. The van der Waals surface area contributed by atoms with Gasteiger partial charge in [0.05, 0.1) is 24.5 Å². The van der Waals surface area contributed by atoms with Crippen LogP contribution in [0, 0.1) is 6.92 Å². The second kappa shape index (κ2) is 9.48. The maximum atomic E-state index is 12.5. The molecule has 28 heavy (non-hydrogen) atoms. The Morgan fingerprint density at radius 3 is 2.21 bits per heavy atom. The summed E-state index contributed by atoms with van der Waals surface area (Å²) in [7, 11) is -2.39. The summed E-state index contributed by atoms with van der Waals surface area (Å²) >= 11 is 0. The van der Waals surface area contributed by atoms with Crippen molar-refractivity contribution in [2.24, 2.45) is 0 Å². The molecule has 0 aliphatic heterocycles. The van der Waals surface area contributed by atoms with Crippen LogP contribution in [0.2, 0.25) is 0 Å². The first kappa shape index (κ1) is 21.6. The van der Waals surface area contributed by atoms with Gasteiger partial charge in [-0.05, 0) is 43.7 Å². The van der Waals surface area contributed by atoms with Crippen molar-refractivity contribution < 1.29 is 22.7 Å². The monoisotopic (exact) mass is 404 g/mol. The lowest BCUT2D eigenvalue weighted by Gasteiger charge is -2.17. The number of carbonyl (C=O) groups is 2. The van der Waals surface area contributed by atoms with Crippen LogP contribution in [-0.2, 0) is 30.8 Å². The molecule has 0 radical (unpaired) electrons. The summed E-state index contributed by atoms with van der Waals surface area (Å²) < 4.78 is 31.0. The molecule has 1 N–H and O–H groups in total. The van der Waals surface area contributed by atoms with Gasteiger partial charge >= 0.3 is 5.97 Å². The molecule has 0 saturated heterocycles. The van der Waals surface area contributed by atoms with E-state index in [0.29, 0.717) is 12.3 Å². The molecule has 2 aromatic rings. The van der Waals surface area contributed by atoms with Crippen LogP contribution in [-0.4, -0.2) is 44.8 Å². The Bertz CT molecular complexity index is 922. The molecule has 2 aromatic carbocycles. The lowest BCUT2D eigenvalue weighted by molar-refractivity contribution is -0.142. The highest BCUT2D eigenvalue weighted by Crippen LogP contribution is 2.15. The Labute approximate surface area is 165 Å². The van der Waals surface area contributed by atoms with Crippen molar-refractivity contribution in [2.75, 3.05) is 25.5 Å². The van der Waals surface area contributed by atoms with Gasteiger partial charge in [0.1, 0.15) is 0 Å². The number of rotatable bonds is 8. The van der Waals surface area contributed by atoms with E-state index in [1.807, 2.05) is 6.92 Å². The summed E-state index contributed by atoms with van der Waals surface area (Å²) in [5.74, 6) is -0.779. The molecule has 1 amide bonds. The average Bonchev–Trinajstić information content (AvgIpc) is 2.63. The Balaban J connectivity index is 1.95. The lowest BCUT2D eigenvalue weighted by Crippen LogP contribution is -2.34. The van der Waals surface area contributed by atoms with Crippen LogP contribution in [0.4, 0.5) is 5.69 Å². The fraction of sp³-hybridized carbons (Fsp3) is 0.300. The first-order chi connectivity index (χ1) is 13.2. The van der Waals surface area contributed by atoms with E-state index in [9.17, 15) is 18.0 Å². The summed E-state index contributed by atoms with van der Waals surface area (Å²) in [6.45, 7) is 3.62. The highest BCUT2D eigenvalue weighted by atomic mass is 32.2. The topological polar surface area (TPSA) is 92.8 Å². The van der Waals surface area contributed by atoms with E-state index in [4.69, 9.17) is 4.74 Å². The predicted octanol–water partition coefficient (Wildman–Crippen LogP) is 2.36. The molecular formula is C20H24N2O5S. The number of nitrogens with one attached hydrogen (secondary N) is 1. The van der Waals surface area contributed by atoms with E-state index in [-0.39, 0.29) is 23.8 Å². The SMILES string of the molecule is CCOC(=O)Cc1ccc(NC(=O)CN(C)S(=O)(=O)c2ccc(C)cc2)cc1. The third kappa shape index (κ3) is 5.90. The van der Waals surface area contributed by atoms with Crippen molar-refractivity contribution >= 4 is 27.6 Å². The highest BCUT2D eigenvalue weighted by Gasteiger charge is 2.22. The Morgan fingerprint density at radius 2 is 1.64 bits per heavy atom. The number of benzene rings is 2. The molecule has 0 bridgehead atoms. The first-order valence-corrected chi connectivity index (χ1v) is 10.2. The fourth-order valence-electron chi connectivity index (χ4n) is 2.46. The number of carbonyl (C=O) groups excluding carboxylic acids is 2. The third-order valence-corrected chi connectivity index (χ3v) is 5.80. The molecule has 0 saturated carbocycles. The van der Waals surface area contributed by atoms with Gasteiger partial charge in [-0.15, -0.1) is 0 Å². The van der Waals surface area contributed by atoms with Gasteiger partial charge in [0.2, 0.25) is 15.9 Å². The number of hydrogen-bond acceptors (Lipinski definition) is 5. The van der Waals surface area contributed by atoms with E-state index in [1.165, 1.54) is 19.2 Å². The summed E-state index contributed by atoms with van der Waals surface area (Å²) in [5, 5.41) is 2.65. The smallest absolute Gasteiger partial charge is 0.310 e. The van der Waals surface area contributed by atoms with Crippen LogP contribution in [0.15, 0.2) is 53.4 Å². The zero-order valence-corrected chi connectivity index (χ0v) is 17.0. The molecule has 8 heteroatoms. The van der Waals surface area contributed by atoms with Gasteiger partial charge in [0.25, 0.3) is 0 Å². The largest absolute Gasteiger partial charge is 0.466 e. The second-order valence-electron chi connectivity index (χ2n) is 6.30. The van der Waals surface area contributed by atoms with Crippen molar-refractivity contribution in [1.82, 2.24) is 4.31 Å². The molecule has 0 fully saturated rings. The number of aryl methyl sites for hydroxylation is 1. The van der Waals surface area contributed by atoms with Gasteiger partial charge in [-0.3, -0.25) is 9.59 Å². The number of nitrogens with zero attached hydrogens (tertiary/aromatic N) is 1. The number of ether oxygens (including phenoxy) is 1. The molecule has 0 unspecified atom stereocenters. The number of esters is 1. The molecule has 0 spiro atoms. The number of anilines is 1. The van der Waals surface area contributed by atoms with Crippen LogP contribution >= 0.6 is 0 Å². The van der Waals surface area contributed by atoms with Crippen LogP contribution in [0.25, 0.3) is 0 Å². The molecule has 0 aromatic heterocycles. The van der Waals surface area contributed by atoms with E-state index >= 15 is 0 Å². The Hall–Kier alpha value is -2.71. The molecule has 0 aliphatic rings. The number of sulfonamides is 1. The minimum atomic E-state index is -3.75. The second-order valence-corrected chi connectivity index (χ2v) is 8.35. The minimum absolute atomic E-state index is 0.136. The van der Waals surface area contributed by atoms with E-state index in [1.54, 1.807) is 43.3 Å². The molecular weight excluding hydrogens is 380 g/mol. The van der Waals surface area contributed by atoms with E-state index < -0.39 is 15.9 Å². The predicted molar refractivity (Wildman–Crippen MR) is 106 cm³/mol. The standard InChI is InChI=1S/C20H24N2O5S/c1-4-27-20(24)13-16-7-9-17(10-8-16)21-19(23)14-22(3)28(25,26)18-11-5-15(2)6-12-18/h5-12H,4,13-14H2,1-3H3,(H,21,23). The number of amides is 1. The average molecular weight is 404 g/mol. The Kier molecular flexibility index (Phi) is 7.31. The summed E-state index contributed by atoms with van der Waals surface area (Å²) in [6, 6.07) is 13.2. The van der Waals surface area contributed by atoms with Crippen LogP contribution in [0.5, 0.6) is 0 Å². The Morgan fingerprint density at radius 1 is 1.04 bits per heavy atom. The van der Waals surface area contributed by atoms with Gasteiger partial charge in [0, 0.05) is 12.7 Å². The molecule has 7 nitrogen and oxygen atoms in total. The minimum Gasteiger partial charge on any atom is -0.466 e. The van der Waals surface area contributed by atoms with E-state index in [0.717, 1.165) is 15.4 Å². The molecule has 0 heterocycles.